The van der Waals surface area contributed by atoms with Gasteiger partial charge in [0.05, 0.1) is 5.56 Å². The fraction of sp³-hybridized carbons (Fsp3) is 0.381. The molecule has 4 heterocycles. The normalized spacial score (nSPS) is 21.9. The second-order valence-corrected chi connectivity index (χ2v) is 7.47. The van der Waals surface area contributed by atoms with Gasteiger partial charge in [0.2, 0.25) is 0 Å². The first-order valence-corrected chi connectivity index (χ1v) is 9.29. The van der Waals surface area contributed by atoms with E-state index in [1.54, 1.807) is 43.6 Å². The molecule has 5 rings (SSSR count). The van der Waals surface area contributed by atoms with Gasteiger partial charge in [-0.1, -0.05) is 0 Å². The molecular formula is C21H22FN3O2. The smallest absolute Gasteiger partial charge is 0.255 e. The fourth-order valence-corrected chi connectivity index (χ4v) is 4.11. The van der Waals surface area contributed by atoms with Crippen LogP contribution >= 0.6 is 0 Å². The highest BCUT2D eigenvalue weighted by Gasteiger charge is 2.39. The largest absolute Gasteiger partial charge is 0.336 e. The maximum absolute atomic E-state index is 13.5. The summed E-state index contributed by atoms with van der Waals surface area (Å²) in [6.07, 6.45) is 5.12. The molecule has 1 aromatic carbocycles. The monoisotopic (exact) mass is 367 g/mol. The van der Waals surface area contributed by atoms with Gasteiger partial charge in [0.1, 0.15) is 5.82 Å². The fourth-order valence-electron chi connectivity index (χ4n) is 4.11. The lowest BCUT2D eigenvalue weighted by Crippen LogP contribution is -2.47. The Hall–Kier alpha value is -2.76. The number of fused-ring (bicyclic) bond motifs is 4. The van der Waals surface area contributed by atoms with E-state index < -0.39 is 0 Å². The molecule has 2 aromatic rings. The highest BCUT2D eigenvalue weighted by atomic mass is 19.1. The van der Waals surface area contributed by atoms with E-state index in [2.05, 4.69) is 4.98 Å². The first-order chi connectivity index (χ1) is 13.0. The van der Waals surface area contributed by atoms with Gasteiger partial charge in [0.15, 0.2) is 0 Å². The van der Waals surface area contributed by atoms with Crippen molar-refractivity contribution in [2.75, 3.05) is 19.6 Å². The molecule has 3 aliphatic heterocycles. The van der Waals surface area contributed by atoms with E-state index >= 15 is 0 Å². The Kier molecular flexibility index (Phi) is 4.64. The molecule has 2 atom stereocenters. The van der Waals surface area contributed by atoms with Crippen LogP contribution in [-0.2, 0) is 0 Å². The molecule has 2 amide bonds. The van der Waals surface area contributed by atoms with E-state index in [1.165, 1.54) is 6.07 Å². The summed E-state index contributed by atoms with van der Waals surface area (Å²) < 4.78 is 13.5. The Morgan fingerprint density at radius 1 is 1.07 bits per heavy atom. The van der Waals surface area contributed by atoms with Gasteiger partial charge >= 0.3 is 0 Å². The van der Waals surface area contributed by atoms with Crippen molar-refractivity contribution in [3.8, 4) is 0 Å². The van der Waals surface area contributed by atoms with E-state index in [4.69, 9.17) is 0 Å². The Morgan fingerprint density at radius 3 is 2.67 bits per heavy atom. The lowest BCUT2D eigenvalue weighted by atomic mass is 9.94. The third-order valence-electron chi connectivity index (χ3n) is 5.57. The summed E-state index contributed by atoms with van der Waals surface area (Å²) in [5, 5.41) is 0. The molecule has 1 aromatic heterocycles. The van der Waals surface area contributed by atoms with Crippen LogP contribution in [0.3, 0.4) is 0 Å². The van der Waals surface area contributed by atoms with Crippen molar-refractivity contribution in [3.63, 3.8) is 0 Å². The topological polar surface area (TPSA) is 53.5 Å². The van der Waals surface area contributed by atoms with Crippen LogP contribution in [0.25, 0.3) is 0 Å². The van der Waals surface area contributed by atoms with Crippen LogP contribution in [-0.4, -0.2) is 52.3 Å². The number of pyridine rings is 1. The van der Waals surface area contributed by atoms with Crippen molar-refractivity contribution in [2.24, 2.45) is 5.92 Å². The molecule has 0 radical (unpaired) electrons. The number of carbonyl (C=O) groups is 2. The molecule has 27 heavy (non-hydrogen) atoms. The second kappa shape index (κ2) is 7.10. The van der Waals surface area contributed by atoms with Crippen molar-refractivity contribution in [2.45, 2.75) is 25.8 Å². The summed E-state index contributed by atoms with van der Waals surface area (Å²) in [7, 11) is 0. The van der Waals surface area contributed by atoms with Gasteiger partial charge in [-0.25, -0.2) is 4.39 Å². The number of hydrogen-bond acceptors (Lipinski definition) is 3. The molecule has 5 nitrogen and oxygen atoms in total. The molecule has 0 N–H and O–H groups in total. The van der Waals surface area contributed by atoms with Crippen molar-refractivity contribution in [1.82, 2.24) is 14.8 Å². The second-order valence-electron chi connectivity index (χ2n) is 7.47. The number of benzene rings is 1. The lowest BCUT2D eigenvalue weighted by molar-refractivity contribution is 0.0574. The van der Waals surface area contributed by atoms with Crippen LogP contribution < -0.4 is 0 Å². The van der Waals surface area contributed by atoms with Crippen molar-refractivity contribution < 1.29 is 14.0 Å². The third-order valence-corrected chi connectivity index (χ3v) is 5.57. The maximum Gasteiger partial charge on any atom is 0.255 e. The van der Waals surface area contributed by atoms with Crippen molar-refractivity contribution in [1.29, 1.82) is 0 Å². The number of aryl methyl sites for hydroxylation is 1. The van der Waals surface area contributed by atoms with E-state index in [1.807, 2.05) is 9.80 Å². The standard InChI is InChI=1S/C21H22FN3O2/c1-14-9-16(5-7-19(14)22)21(27)25-12-15-4-6-18(25)13-24(11-15)20(26)17-3-2-8-23-10-17/h2-3,5,7-10,15,18H,4,6,11-13H2,1H3. The zero-order chi connectivity index (χ0) is 19.0. The number of amides is 2. The number of carbonyl (C=O) groups excluding carboxylic acids is 2. The van der Waals surface area contributed by atoms with E-state index in [9.17, 15) is 14.0 Å². The molecule has 0 saturated carbocycles. The summed E-state index contributed by atoms with van der Waals surface area (Å²) in [5.41, 5.74) is 1.55. The number of rotatable bonds is 2. The highest BCUT2D eigenvalue weighted by molar-refractivity contribution is 5.95. The number of halogens is 1. The summed E-state index contributed by atoms with van der Waals surface area (Å²) in [4.78, 5) is 33.6. The maximum atomic E-state index is 13.5. The Bertz CT molecular complexity index is 871. The van der Waals surface area contributed by atoms with Crippen LogP contribution in [0.4, 0.5) is 4.39 Å². The number of nitrogens with zero attached hydrogens (tertiary/aromatic N) is 3. The van der Waals surface area contributed by atoms with Crippen LogP contribution in [0, 0.1) is 18.7 Å². The molecule has 140 valence electrons. The first kappa shape index (κ1) is 17.6. The summed E-state index contributed by atoms with van der Waals surface area (Å²) >= 11 is 0. The molecule has 2 bridgehead atoms. The van der Waals surface area contributed by atoms with Crippen LogP contribution in [0.2, 0.25) is 0 Å². The summed E-state index contributed by atoms with van der Waals surface area (Å²) in [6.45, 7) is 3.47. The zero-order valence-corrected chi connectivity index (χ0v) is 15.3. The summed E-state index contributed by atoms with van der Waals surface area (Å²) in [6, 6.07) is 8.01. The zero-order valence-electron chi connectivity index (χ0n) is 15.3. The van der Waals surface area contributed by atoms with Crippen LogP contribution in [0.1, 0.15) is 39.1 Å². The van der Waals surface area contributed by atoms with E-state index in [-0.39, 0.29) is 29.6 Å². The predicted molar refractivity (Wildman–Crippen MR) is 98.8 cm³/mol. The molecule has 3 fully saturated rings. The third kappa shape index (κ3) is 3.44. The van der Waals surface area contributed by atoms with Gasteiger partial charge in [0, 0.05) is 43.6 Å². The first-order valence-electron chi connectivity index (χ1n) is 9.29. The highest BCUT2D eigenvalue weighted by Crippen LogP contribution is 2.30. The van der Waals surface area contributed by atoms with Gasteiger partial charge in [-0.15, -0.1) is 0 Å². The minimum Gasteiger partial charge on any atom is -0.336 e. The molecule has 3 aliphatic rings. The van der Waals surface area contributed by atoms with E-state index in [0.29, 0.717) is 36.3 Å². The molecule has 6 heteroatoms. The molecule has 0 aliphatic carbocycles. The molecule has 3 saturated heterocycles. The van der Waals surface area contributed by atoms with E-state index in [0.717, 1.165) is 12.8 Å². The lowest BCUT2D eigenvalue weighted by Gasteiger charge is -2.36. The van der Waals surface area contributed by atoms with Crippen LogP contribution in [0.5, 0.6) is 0 Å². The molecular weight excluding hydrogens is 345 g/mol. The van der Waals surface area contributed by atoms with Crippen LogP contribution in [0.15, 0.2) is 42.7 Å². The number of aromatic nitrogens is 1. The molecule has 2 unspecified atom stereocenters. The van der Waals surface area contributed by atoms with Crippen molar-refractivity contribution >= 4 is 11.8 Å². The average molecular weight is 367 g/mol. The van der Waals surface area contributed by atoms with Gasteiger partial charge in [0.25, 0.3) is 11.8 Å². The van der Waals surface area contributed by atoms with Crippen molar-refractivity contribution in [3.05, 3.63) is 65.2 Å². The molecule has 0 spiro atoms. The minimum atomic E-state index is -0.308. The van der Waals surface area contributed by atoms with Gasteiger partial charge in [-0.3, -0.25) is 14.6 Å². The van der Waals surface area contributed by atoms with Gasteiger partial charge in [-0.05, 0) is 61.6 Å². The minimum absolute atomic E-state index is 0.0118. The average Bonchev–Trinajstić information content (AvgIpc) is 3.01. The number of piperidine rings is 1. The Balaban J connectivity index is 1.55. The Morgan fingerprint density at radius 2 is 1.93 bits per heavy atom. The SMILES string of the molecule is Cc1cc(C(=O)N2CC3CCC2CN(C(=O)c2cccnc2)C3)ccc1F. The van der Waals surface area contributed by atoms with Gasteiger partial charge in [-0.2, -0.15) is 0 Å². The quantitative estimate of drug-likeness (QED) is 0.820. The predicted octanol–water partition coefficient (Wildman–Crippen LogP) is 2.91. The summed E-state index contributed by atoms with van der Waals surface area (Å²) in [5.74, 6) is -0.164. The van der Waals surface area contributed by atoms with Gasteiger partial charge < -0.3 is 9.80 Å². The number of hydrogen-bond donors (Lipinski definition) is 0. The Labute approximate surface area is 157 Å².